The highest BCUT2D eigenvalue weighted by molar-refractivity contribution is 5.57. The third-order valence-corrected chi connectivity index (χ3v) is 2.74. The van der Waals surface area contributed by atoms with Crippen molar-refractivity contribution in [3.05, 3.63) is 35.4 Å². The van der Waals surface area contributed by atoms with Crippen LogP contribution >= 0.6 is 0 Å². The number of aryl methyl sites for hydroxylation is 1. The van der Waals surface area contributed by atoms with E-state index in [-0.39, 0.29) is 0 Å². The van der Waals surface area contributed by atoms with Crippen molar-refractivity contribution in [2.24, 2.45) is 5.92 Å². The minimum Gasteiger partial charge on any atom is -0.381 e. The van der Waals surface area contributed by atoms with Crippen molar-refractivity contribution in [3.63, 3.8) is 0 Å². The summed E-state index contributed by atoms with van der Waals surface area (Å²) < 4.78 is 4.93. The molecule has 0 aromatic heterocycles. The van der Waals surface area contributed by atoms with Gasteiger partial charge in [-0.15, -0.1) is 0 Å². The first-order chi connectivity index (χ1) is 7.76. The van der Waals surface area contributed by atoms with Gasteiger partial charge < -0.3 is 10.1 Å². The average molecular weight is 219 g/mol. The number of benzene rings is 1. The minimum atomic E-state index is 0.750. The summed E-state index contributed by atoms with van der Waals surface area (Å²) in [6.07, 6.45) is 3.46. The van der Waals surface area contributed by atoms with E-state index in [4.69, 9.17) is 10.1 Å². The van der Waals surface area contributed by atoms with Crippen LogP contribution in [0.5, 0.6) is 0 Å². The molecule has 2 rings (SSSR count). The Morgan fingerprint density at radius 1 is 1.31 bits per heavy atom. The molecule has 1 N–H and O–H groups in total. The molecule has 1 aliphatic rings. The van der Waals surface area contributed by atoms with Crippen molar-refractivity contribution < 1.29 is 4.74 Å². The Bertz CT molecular complexity index is 298. The second kappa shape index (κ2) is 7.18. The Hall–Kier alpha value is -1.15. The maximum absolute atomic E-state index is 6.87. The molecule has 0 saturated carbocycles. The van der Waals surface area contributed by atoms with E-state index >= 15 is 0 Å². The molecule has 2 heteroatoms. The maximum atomic E-state index is 6.87. The van der Waals surface area contributed by atoms with E-state index < -0.39 is 0 Å². The highest BCUT2D eigenvalue weighted by Crippen LogP contribution is 2.12. The summed E-state index contributed by atoms with van der Waals surface area (Å²) in [7, 11) is 0. The molecule has 16 heavy (non-hydrogen) atoms. The molecule has 0 amide bonds. The van der Waals surface area contributed by atoms with Gasteiger partial charge in [0.1, 0.15) is 0 Å². The molecule has 0 aliphatic carbocycles. The quantitative estimate of drug-likeness (QED) is 0.778. The first-order valence-electron chi connectivity index (χ1n) is 5.88. The van der Waals surface area contributed by atoms with Crippen molar-refractivity contribution in [1.29, 1.82) is 5.41 Å². The van der Waals surface area contributed by atoms with Crippen LogP contribution < -0.4 is 0 Å². The third kappa shape index (κ3) is 4.58. The van der Waals surface area contributed by atoms with Gasteiger partial charge in [-0.3, -0.25) is 0 Å². The smallest absolute Gasteiger partial charge is 0.0516 e. The van der Waals surface area contributed by atoms with Gasteiger partial charge in [-0.05, 0) is 25.1 Å². The molecule has 1 aromatic rings. The largest absolute Gasteiger partial charge is 0.381 e. The number of hydrogen-bond acceptors (Lipinski definition) is 2. The molecular formula is C14H21NO. The topological polar surface area (TPSA) is 33.1 Å². The monoisotopic (exact) mass is 219 g/mol. The molecule has 0 spiro atoms. The van der Waals surface area contributed by atoms with Gasteiger partial charge in [0.15, 0.2) is 0 Å². The van der Waals surface area contributed by atoms with Gasteiger partial charge in [0, 0.05) is 12.3 Å². The van der Waals surface area contributed by atoms with E-state index in [1.807, 2.05) is 0 Å². The molecule has 1 heterocycles. The zero-order valence-corrected chi connectivity index (χ0v) is 10.2. The Morgan fingerprint density at radius 2 is 1.94 bits per heavy atom. The predicted molar refractivity (Wildman–Crippen MR) is 68.3 cm³/mol. The van der Waals surface area contributed by atoms with Crippen LogP contribution in [-0.2, 0) is 11.2 Å². The van der Waals surface area contributed by atoms with Crippen molar-refractivity contribution in [2.45, 2.75) is 26.7 Å². The number of nitrogens with one attached hydrogen (secondary N) is 1. The van der Waals surface area contributed by atoms with Crippen LogP contribution in [0.15, 0.2) is 24.3 Å². The van der Waals surface area contributed by atoms with Crippen LogP contribution in [0.2, 0.25) is 0 Å². The van der Waals surface area contributed by atoms with E-state index in [0.29, 0.717) is 0 Å². The highest BCUT2D eigenvalue weighted by Gasteiger charge is 2.14. The molecule has 0 unspecified atom stereocenters. The number of hydrogen-bond donors (Lipinski definition) is 1. The summed E-state index contributed by atoms with van der Waals surface area (Å²) in [6, 6.07) is 8.25. The average Bonchev–Trinajstić information content (AvgIpc) is 2.21. The van der Waals surface area contributed by atoms with Crippen LogP contribution in [0.3, 0.4) is 0 Å². The summed E-state index contributed by atoms with van der Waals surface area (Å²) in [4.78, 5) is 0. The Labute approximate surface area is 98.1 Å². The molecule has 1 aliphatic heterocycles. The van der Waals surface area contributed by atoms with Gasteiger partial charge in [0.05, 0.1) is 13.2 Å². The first kappa shape index (κ1) is 12.9. The fourth-order valence-corrected chi connectivity index (χ4v) is 1.36. The third-order valence-electron chi connectivity index (χ3n) is 2.74. The van der Waals surface area contributed by atoms with Crippen LogP contribution in [0.1, 0.15) is 24.5 Å². The molecule has 88 valence electrons. The van der Waals surface area contributed by atoms with E-state index in [1.165, 1.54) is 23.8 Å². The van der Waals surface area contributed by atoms with Crippen LogP contribution in [0.25, 0.3) is 0 Å². The fourth-order valence-electron chi connectivity index (χ4n) is 1.36. The van der Waals surface area contributed by atoms with Gasteiger partial charge >= 0.3 is 0 Å². The van der Waals surface area contributed by atoms with Gasteiger partial charge in [0.25, 0.3) is 0 Å². The lowest BCUT2D eigenvalue weighted by Crippen LogP contribution is -2.26. The first-order valence-corrected chi connectivity index (χ1v) is 5.88. The second-order valence-corrected chi connectivity index (χ2v) is 4.21. The standard InChI is InChI=1S/C9H11N.C5H10O/c1-8-2-4-9(5-3-8)6-7-10;1-2-5-3-6-4-5/h2-5,7,10H,6H2,1H3;5H,2-4H2,1H3. The van der Waals surface area contributed by atoms with Crippen molar-refractivity contribution >= 4 is 6.21 Å². The summed E-state index contributed by atoms with van der Waals surface area (Å²) in [6.45, 7) is 6.29. The van der Waals surface area contributed by atoms with Gasteiger partial charge in [-0.1, -0.05) is 36.8 Å². The molecule has 1 aromatic carbocycles. The Balaban J connectivity index is 0.000000181. The number of rotatable bonds is 3. The highest BCUT2D eigenvalue weighted by atomic mass is 16.5. The maximum Gasteiger partial charge on any atom is 0.0516 e. The van der Waals surface area contributed by atoms with E-state index in [0.717, 1.165) is 25.6 Å². The predicted octanol–water partition coefficient (Wildman–Crippen LogP) is 3.23. The van der Waals surface area contributed by atoms with Crippen LogP contribution in [0.4, 0.5) is 0 Å². The van der Waals surface area contributed by atoms with Gasteiger partial charge in [-0.25, -0.2) is 0 Å². The fraction of sp³-hybridized carbons (Fsp3) is 0.500. The number of ether oxygens (including phenoxy) is 1. The second-order valence-electron chi connectivity index (χ2n) is 4.21. The molecule has 0 radical (unpaired) electrons. The Morgan fingerprint density at radius 3 is 2.25 bits per heavy atom. The van der Waals surface area contributed by atoms with Gasteiger partial charge in [0.2, 0.25) is 0 Å². The van der Waals surface area contributed by atoms with Crippen LogP contribution in [0, 0.1) is 18.3 Å². The normalized spacial score (nSPS) is 14.6. The molecule has 0 bridgehead atoms. The summed E-state index contributed by atoms with van der Waals surface area (Å²) in [5.41, 5.74) is 2.48. The van der Waals surface area contributed by atoms with Gasteiger partial charge in [-0.2, -0.15) is 0 Å². The summed E-state index contributed by atoms with van der Waals surface area (Å²) >= 11 is 0. The van der Waals surface area contributed by atoms with Crippen LogP contribution in [-0.4, -0.2) is 19.4 Å². The zero-order chi connectivity index (χ0) is 11.8. The molecular weight excluding hydrogens is 198 g/mol. The van der Waals surface area contributed by atoms with E-state index in [2.05, 4.69) is 38.1 Å². The Kier molecular flexibility index (Phi) is 5.79. The lowest BCUT2D eigenvalue weighted by molar-refractivity contribution is -0.0331. The molecule has 2 nitrogen and oxygen atoms in total. The molecule has 1 saturated heterocycles. The summed E-state index contributed by atoms with van der Waals surface area (Å²) in [5, 5.41) is 6.87. The minimum absolute atomic E-state index is 0.750. The molecule has 1 fully saturated rings. The lowest BCUT2D eigenvalue weighted by Gasteiger charge is -2.23. The van der Waals surface area contributed by atoms with Crippen molar-refractivity contribution in [3.8, 4) is 0 Å². The van der Waals surface area contributed by atoms with Crippen molar-refractivity contribution in [2.75, 3.05) is 13.2 Å². The molecule has 0 atom stereocenters. The van der Waals surface area contributed by atoms with E-state index in [9.17, 15) is 0 Å². The summed E-state index contributed by atoms with van der Waals surface area (Å²) in [5.74, 6) is 0.894. The SMILES string of the molecule is CCC1COC1.Cc1ccc(CC=N)cc1. The zero-order valence-electron chi connectivity index (χ0n) is 10.2. The van der Waals surface area contributed by atoms with Crippen molar-refractivity contribution in [1.82, 2.24) is 0 Å². The van der Waals surface area contributed by atoms with E-state index in [1.54, 1.807) is 0 Å². The lowest BCUT2D eigenvalue weighted by atomic mass is 10.1.